The highest BCUT2D eigenvalue weighted by Gasteiger charge is 2.44. The van der Waals surface area contributed by atoms with Crippen LogP contribution in [-0.4, -0.2) is 90.9 Å². The third kappa shape index (κ3) is 12.6. The van der Waals surface area contributed by atoms with Gasteiger partial charge in [0.2, 0.25) is 17.2 Å². The zero-order valence-electron chi connectivity index (χ0n) is 56.8. The molecule has 15 nitrogen and oxygen atoms in total. The van der Waals surface area contributed by atoms with Gasteiger partial charge in [0.1, 0.15) is 18.0 Å². The number of hydrogen-bond acceptors (Lipinski definition) is 11. The number of carbonyl (C=O) groups excluding carboxylic acids is 3. The molecule has 5 aliphatic rings. The highest BCUT2D eigenvalue weighted by Crippen LogP contribution is 2.50. The maximum atomic E-state index is 15.0. The van der Waals surface area contributed by atoms with E-state index in [1.54, 1.807) is 22.0 Å². The Labute approximate surface area is 544 Å². The number of anilines is 1. The fraction of sp³-hybridized carbons (Fsp3) is 0.468. The minimum Gasteiger partial charge on any atom is -0.506 e. The lowest BCUT2D eigenvalue weighted by Crippen LogP contribution is -2.53. The molecule has 15 heteroatoms. The summed E-state index contributed by atoms with van der Waals surface area (Å²) in [6, 6.07) is 36.9. The Morgan fingerprint density at radius 1 is 0.848 bits per heavy atom. The van der Waals surface area contributed by atoms with Gasteiger partial charge in [0.15, 0.2) is 17.5 Å². The third-order valence-electron chi connectivity index (χ3n) is 21.1. The lowest BCUT2D eigenvalue weighted by atomic mass is 9.64. The standard InChI is InChI=1S/C77H95N11O4/c1-14-37-77(11,73(92)79-48-51-27-29-52(30-28-51)71-83-80-50(5)84-86(71)13)54-31-34-56(35-32-54)81-82-64-36-33-55(44-66(64)89)76(10,15-2)38-39-78-67(90)26-21-40-85(12)72(91)58-24-18-17-23-57(58)68-61-45-60-49(4)47-74(6,7)88(16-3)65(60)46-63(61)75(8,9)69-59-25-20-42-87-41-19-22-53(70(59)87)43-62(68)69/h17-18,23-24,27-36,43-46,49,71H,14-16,19-22,25-26,37-42,47-48H2,1-13H3,(H2-,78,79,81,89,90,92)/p+1. The van der Waals surface area contributed by atoms with E-state index >= 15 is 4.79 Å². The van der Waals surface area contributed by atoms with E-state index < -0.39 is 5.41 Å². The number of nitrogens with zero attached hydrogens (tertiary/aromatic N) is 9. The number of azo groups is 2. The first kappa shape index (κ1) is 65.2. The number of carbonyl (C=O) groups is 3. The van der Waals surface area contributed by atoms with E-state index in [0.29, 0.717) is 67.6 Å². The number of aryl methyl sites for hydroxylation is 1. The molecule has 4 heterocycles. The summed E-state index contributed by atoms with van der Waals surface area (Å²) in [4.78, 5) is 46.9. The summed E-state index contributed by atoms with van der Waals surface area (Å²) in [6.07, 6.45) is 8.89. The van der Waals surface area contributed by atoms with Gasteiger partial charge in [0.05, 0.1) is 11.1 Å². The number of phenolic OH excluding ortho intramolecular Hbond substituents is 1. The van der Waals surface area contributed by atoms with Crippen molar-refractivity contribution in [1.82, 2.24) is 25.1 Å². The highest BCUT2D eigenvalue weighted by molar-refractivity contribution is 6.02. The van der Waals surface area contributed by atoms with Crippen LogP contribution in [-0.2, 0) is 45.2 Å². The molecular weight excluding hydrogens is 1140 g/mol. The summed E-state index contributed by atoms with van der Waals surface area (Å²) in [7, 11) is 3.74. The second-order valence-electron chi connectivity index (χ2n) is 28.3. The van der Waals surface area contributed by atoms with E-state index in [1.165, 1.54) is 55.2 Å². The number of rotatable bonds is 21. The second kappa shape index (κ2) is 26.3. The van der Waals surface area contributed by atoms with Gasteiger partial charge < -0.3 is 25.5 Å². The molecule has 4 unspecified atom stereocenters. The van der Waals surface area contributed by atoms with Crippen LogP contribution in [0.4, 0.5) is 17.1 Å². The van der Waals surface area contributed by atoms with Crippen molar-refractivity contribution >= 4 is 46.2 Å². The van der Waals surface area contributed by atoms with Gasteiger partial charge in [-0.25, -0.2) is 4.58 Å². The first-order chi connectivity index (χ1) is 44.0. The molecule has 4 atom stereocenters. The molecule has 0 spiro atoms. The number of hydrazone groups is 1. The van der Waals surface area contributed by atoms with Crippen LogP contribution in [0.1, 0.15) is 218 Å². The van der Waals surface area contributed by atoms with Crippen molar-refractivity contribution in [3.05, 3.63) is 187 Å². The van der Waals surface area contributed by atoms with E-state index in [-0.39, 0.29) is 52.4 Å². The molecular formula is C77H96N11O4+. The van der Waals surface area contributed by atoms with Crippen LogP contribution in [0.15, 0.2) is 135 Å². The molecule has 92 heavy (non-hydrogen) atoms. The van der Waals surface area contributed by atoms with Crippen molar-refractivity contribution in [1.29, 1.82) is 0 Å². The number of phenols is 1. The van der Waals surface area contributed by atoms with Gasteiger partial charge in [-0.1, -0.05) is 109 Å². The minimum atomic E-state index is -0.772. The summed E-state index contributed by atoms with van der Waals surface area (Å²) >= 11 is 0. The first-order valence-electron chi connectivity index (χ1n) is 33.8. The Morgan fingerprint density at radius 2 is 1.58 bits per heavy atom. The van der Waals surface area contributed by atoms with Crippen molar-refractivity contribution in [3.63, 3.8) is 0 Å². The molecule has 0 bridgehead atoms. The number of hydrogen-bond donors (Lipinski definition) is 3. The molecule has 3 N–H and O–H groups in total. The lowest BCUT2D eigenvalue weighted by molar-refractivity contribution is -0.126. The van der Waals surface area contributed by atoms with Gasteiger partial charge in [-0.05, 0) is 206 Å². The summed E-state index contributed by atoms with van der Waals surface area (Å²) < 4.78 is 2.62. The fourth-order valence-corrected chi connectivity index (χ4v) is 15.8. The number of nitrogens with one attached hydrogen (secondary N) is 2. The number of amidine groups is 1. The molecule has 0 radical (unpaired) electrons. The van der Waals surface area contributed by atoms with Gasteiger partial charge in [-0.2, -0.15) is 15.3 Å². The average Bonchev–Trinajstić information content (AvgIpc) is 0.696. The summed E-state index contributed by atoms with van der Waals surface area (Å²) in [5.41, 5.74) is 15.9. The minimum absolute atomic E-state index is 0.0158. The molecule has 1 aliphatic carbocycles. The molecule has 3 amide bonds. The Bertz CT molecular complexity index is 4050. The van der Waals surface area contributed by atoms with Crippen molar-refractivity contribution in [3.8, 4) is 5.75 Å². The topological polar surface area (TPSA) is 170 Å². The van der Waals surface area contributed by atoms with Crippen LogP contribution >= 0.6 is 0 Å². The fourth-order valence-electron chi connectivity index (χ4n) is 15.8. The largest absolute Gasteiger partial charge is 0.506 e. The van der Waals surface area contributed by atoms with Gasteiger partial charge in [-0.15, -0.1) is 10.2 Å². The van der Waals surface area contributed by atoms with Crippen LogP contribution < -0.4 is 30.7 Å². The average molecular weight is 1240 g/mol. The van der Waals surface area contributed by atoms with Gasteiger partial charge in [-0.3, -0.25) is 19.4 Å². The van der Waals surface area contributed by atoms with Crippen molar-refractivity contribution in [2.24, 2.45) is 25.6 Å². The Morgan fingerprint density at radius 3 is 2.28 bits per heavy atom. The van der Waals surface area contributed by atoms with Crippen LogP contribution in [0.5, 0.6) is 5.75 Å². The van der Waals surface area contributed by atoms with Crippen LogP contribution in [0, 0.1) is 0 Å². The van der Waals surface area contributed by atoms with Gasteiger partial charge >= 0.3 is 0 Å². The van der Waals surface area contributed by atoms with E-state index in [0.717, 1.165) is 92.4 Å². The van der Waals surface area contributed by atoms with Crippen LogP contribution in [0.3, 0.4) is 0 Å². The summed E-state index contributed by atoms with van der Waals surface area (Å²) in [5.74, 6) is 0.838. The SMILES string of the molecule is CCCC(C)(C(=O)NCc1ccc(C2N=NC(C)=NN2C)cc1)c1ccc(/N=N/c2ccc(C(C)(CC)CCNC(=O)CCCN(C)C(=O)c3ccccc3C3=c4cc5c(cc4C(C)(C)c4c3cc3c6c4CCCN6CCC3)=[N+](CC)C(C)(C)CC5C)cc2O)cc1. The molecule has 0 saturated heterocycles. The van der Waals surface area contributed by atoms with E-state index in [2.05, 4.69) is 138 Å². The monoisotopic (exact) mass is 1240 g/mol. The molecule has 0 aromatic heterocycles. The Balaban J connectivity index is 0.721. The van der Waals surface area contributed by atoms with Gasteiger partial charge in [0.25, 0.3) is 5.91 Å². The number of amides is 3. The number of benzene rings is 6. The first-order valence-corrected chi connectivity index (χ1v) is 33.8. The van der Waals surface area contributed by atoms with Gasteiger partial charge in [0, 0.05) is 88.0 Å². The summed E-state index contributed by atoms with van der Waals surface area (Å²) in [6.45, 7) is 28.9. The van der Waals surface area contributed by atoms with E-state index in [1.807, 2.05) is 94.7 Å². The van der Waals surface area contributed by atoms with E-state index in [4.69, 9.17) is 0 Å². The molecule has 0 fully saturated rings. The third-order valence-corrected chi connectivity index (χ3v) is 21.1. The molecule has 6 aromatic carbocycles. The maximum Gasteiger partial charge on any atom is 0.254 e. The zero-order valence-corrected chi connectivity index (χ0v) is 56.8. The quantitative estimate of drug-likeness (QED) is 0.0478. The zero-order chi connectivity index (χ0) is 65.4. The highest BCUT2D eigenvalue weighted by atomic mass is 16.3. The van der Waals surface area contributed by atoms with Crippen molar-refractivity contribution in [2.45, 2.75) is 187 Å². The molecule has 482 valence electrons. The summed E-state index contributed by atoms with van der Waals surface area (Å²) in [5, 5.41) is 43.8. The normalized spacial score (nSPS) is 19.0. The Kier molecular flexibility index (Phi) is 18.7. The number of fused-ring (bicyclic) bond motifs is 4. The van der Waals surface area contributed by atoms with Crippen molar-refractivity contribution in [2.75, 3.05) is 51.7 Å². The smallest absolute Gasteiger partial charge is 0.254 e. The molecule has 4 aliphatic heterocycles. The molecule has 0 saturated carbocycles. The van der Waals surface area contributed by atoms with Crippen LogP contribution in [0.25, 0.3) is 5.57 Å². The Hall–Kier alpha value is -8.33. The van der Waals surface area contributed by atoms with E-state index in [9.17, 15) is 14.7 Å². The maximum absolute atomic E-state index is 15.0. The van der Waals surface area contributed by atoms with Crippen LogP contribution in [0.2, 0.25) is 0 Å². The second-order valence-corrected chi connectivity index (χ2v) is 28.3. The molecule has 6 aromatic rings. The molecule has 11 rings (SSSR count). The van der Waals surface area contributed by atoms with Crippen molar-refractivity contribution < 1.29 is 19.5 Å². The predicted octanol–water partition coefficient (Wildman–Crippen LogP) is 14.0. The predicted molar refractivity (Wildman–Crippen MR) is 369 cm³/mol. The lowest BCUT2D eigenvalue weighted by Gasteiger charge is -2.44. The number of aromatic hydroxyl groups is 1.